The zero-order valence-electron chi connectivity index (χ0n) is 14.5. The highest BCUT2D eigenvalue weighted by atomic mass is 32.2. The van der Waals surface area contributed by atoms with Crippen LogP contribution in [0.3, 0.4) is 0 Å². The number of nitrogens with zero attached hydrogens (tertiary/aromatic N) is 1. The number of alkyl halides is 3. The van der Waals surface area contributed by atoms with Gasteiger partial charge in [-0.2, -0.15) is 0 Å². The molecule has 1 heterocycles. The van der Waals surface area contributed by atoms with E-state index in [0.29, 0.717) is 18.7 Å². The summed E-state index contributed by atoms with van der Waals surface area (Å²) in [5.41, 5.74) is 0.403. The number of halogens is 3. The zero-order chi connectivity index (χ0) is 19.6. The highest BCUT2D eigenvalue weighted by Crippen LogP contribution is 2.30. The van der Waals surface area contributed by atoms with Gasteiger partial charge in [0.2, 0.25) is 5.91 Å². The van der Waals surface area contributed by atoms with Gasteiger partial charge in [-0.1, -0.05) is 12.1 Å². The summed E-state index contributed by atoms with van der Waals surface area (Å²) in [5, 5.41) is 3.03. The van der Waals surface area contributed by atoms with Crippen LogP contribution in [-0.4, -0.2) is 56.7 Å². The summed E-state index contributed by atoms with van der Waals surface area (Å²) in [6.45, 7) is 0.779. The van der Waals surface area contributed by atoms with Crippen LogP contribution in [0.1, 0.15) is 18.4 Å². The molecule has 1 aliphatic rings. The van der Waals surface area contributed by atoms with Gasteiger partial charge in [0, 0.05) is 19.8 Å². The van der Waals surface area contributed by atoms with Crippen molar-refractivity contribution in [3.8, 4) is 5.75 Å². The number of benzene rings is 1. The molecule has 0 atom stereocenters. The predicted octanol–water partition coefficient (Wildman–Crippen LogP) is 1.71. The van der Waals surface area contributed by atoms with Gasteiger partial charge in [0.05, 0.1) is 0 Å². The summed E-state index contributed by atoms with van der Waals surface area (Å²) >= 11 is 0. The Hall–Kier alpha value is -1.81. The molecule has 1 aliphatic heterocycles. The highest BCUT2D eigenvalue weighted by molar-refractivity contribution is 7.92. The van der Waals surface area contributed by atoms with Gasteiger partial charge in [-0.3, -0.25) is 4.79 Å². The van der Waals surface area contributed by atoms with Gasteiger partial charge in [0.1, 0.15) is 5.75 Å². The lowest BCUT2D eigenvalue weighted by atomic mass is 9.95. The number of hydrogen-bond donors (Lipinski definition) is 1. The van der Waals surface area contributed by atoms with E-state index in [4.69, 9.17) is 0 Å². The molecule has 1 N–H and O–H groups in total. The second-order valence-electron chi connectivity index (χ2n) is 6.37. The molecule has 0 aliphatic carbocycles. The molecule has 1 aromatic rings. The summed E-state index contributed by atoms with van der Waals surface area (Å²) < 4.78 is 63.9. The predicted molar refractivity (Wildman–Crippen MR) is 89.3 cm³/mol. The fourth-order valence-electron chi connectivity index (χ4n) is 3.11. The standard InChI is InChI=1S/C16H21F3N2O4S/c1-21(11-12-4-3-5-13(10-12)25-16(17,18)19)14(22)15(26(2,23)24)6-8-20-9-7-15/h3-5,10,20H,6-9,11H2,1-2H3. The first kappa shape index (κ1) is 20.5. The molecule has 0 bridgehead atoms. The van der Waals surface area contributed by atoms with Crippen molar-refractivity contribution in [1.82, 2.24) is 10.2 Å². The highest BCUT2D eigenvalue weighted by Gasteiger charge is 2.49. The zero-order valence-corrected chi connectivity index (χ0v) is 15.3. The molecular weight excluding hydrogens is 373 g/mol. The first-order chi connectivity index (χ1) is 11.9. The molecule has 1 aromatic carbocycles. The largest absolute Gasteiger partial charge is 0.573 e. The average molecular weight is 394 g/mol. The van der Waals surface area contributed by atoms with Crippen LogP contribution >= 0.6 is 0 Å². The van der Waals surface area contributed by atoms with Crippen LogP contribution in [0.15, 0.2) is 24.3 Å². The molecule has 2 rings (SSSR count). The molecule has 10 heteroatoms. The maximum atomic E-state index is 12.9. The van der Waals surface area contributed by atoms with E-state index in [1.807, 2.05) is 0 Å². The van der Waals surface area contributed by atoms with Crippen molar-refractivity contribution >= 4 is 15.7 Å². The summed E-state index contributed by atoms with van der Waals surface area (Å²) in [6.07, 6.45) is -3.45. The lowest BCUT2D eigenvalue weighted by Gasteiger charge is -2.37. The van der Waals surface area contributed by atoms with Crippen molar-refractivity contribution in [3.05, 3.63) is 29.8 Å². The van der Waals surface area contributed by atoms with Crippen LogP contribution < -0.4 is 10.1 Å². The van der Waals surface area contributed by atoms with Crippen molar-refractivity contribution in [2.24, 2.45) is 0 Å². The monoisotopic (exact) mass is 394 g/mol. The smallest absolute Gasteiger partial charge is 0.406 e. The minimum Gasteiger partial charge on any atom is -0.406 e. The third kappa shape index (κ3) is 4.67. The van der Waals surface area contributed by atoms with E-state index in [0.717, 1.165) is 12.3 Å². The number of carbonyl (C=O) groups excluding carboxylic acids is 1. The third-order valence-corrected chi connectivity index (χ3v) is 6.41. The molecule has 0 aromatic heterocycles. The van der Waals surface area contributed by atoms with E-state index in [9.17, 15) is 26.4 Å². The van der Waals surface area contributed by atoms with Crippen LogP contribution in [0.5, 0.6) is 5.75 Å². The van der Waals surface area contributed by atoms with Gasteiger partial charge < -0.3 is 15.0 Å². The number of amides is 1. The number of rotatable bonds is 5. The van der Waals surface area contributed by atoms with E-state index in [1.54, 1.807) is 6.07 Å². The van der Waals surface area contributed by atoms with Gasteiger partial charge in [0.25, 0.3) is 0 Å². The molecule has 1 saturated heterocycles. The SMILES string of the molecule is CN(Cc1cccc(OC(F)(F)F)c1)C(=O)C1(S(C)(=O)=O)CCNCC1. The Morgan fingerprint density at radius 3 is 2.46 bits per heavy atom. The van der Waals surface area contributed by atoms with E-state index in [-0.39, 0.29) is 19.4 Å². The second-order valence-corrected chi connectivity index (χ2v) is 8.70. The second kappa shape index (κ2) is 7.43. The minimum atomic E-state index is -4.81. The van der Waals surface area contributed by atoms with Crippen molar-refractivity contribution in [1.29, 1.82) is 0 Å². The van der Waals surface area contributed by atoms with Crippen LogP contribution in [0.4, 0.5) is 13.2 Å². The molecule has 0 saturated carbocycles. The lowest BCUT2D eigenvalue weighted by Crippen LogP contribution is -2.57. The van der Waals surface area contributed by atoms with Gasteiger partial charge in [-0.15, -0.1) is 13.2 Å². The maximum Gasteiger partial charge on any atom is 0.573 e. The van der Waals surface area contributed by atoms with E-state index >= 15 is 0 Å². The van der Waals surface area contributed by atoms with Gasteiger partial charge in [-0.05, 0) is 43.6 Å². The molecular formula is C16H21F3N2O4S. The first-order valence-corrected chi connectivity index (χ1v) is 9.84. The first-order valence-electron chi connectivity index (χ1n) is 7.95. The normalized spacial score (nSPS) is 17.6. The van der Waals surface area contributed by atoms with Crippen LogP contribution in [0, 0.1) is 0 Å². The quantitative estimate of drug-likeness (QED) is 0.823. The Labute approximate surface area is 150 Å². The lowest BCUT2D eigenvalue weighted by molar-refractivity contribution is -0.274. The van der Waals surface area contributed by atoms with Crippen molar-refractivity contribution < 1.29 is 31.1 Å². The summed E-state index contributed by atoms with van der Waals surface area (Å²) in [6, 6.07) is 5.25. The maximum absolute atomic E-state index is 12.9. The summed E-state index contributed by atoms with van der Waals surface area (Å²) in [4.78, 5) is 14.1. The van der Waals surface area contributed by atoms with Gasteiger partial charge in [-0.25, -0.2) is 8.42 Å². The Balaban J connectivity index is 2.19. The van der Waals surface area contributed by atoms with E-state index in [1.165, 1.54) is 24.1 Å². The molecule has 0 unspecified atom stereocenters. The van der Waals surface area contributed by atoms with E-state index in [2.05, 4.69) is 10.1 Å². The number of hydrogen-bond acceptors (Lipinski definition) is 5. The van der Waals surface area contributed by atoms with Crippen molar-refractivity contribution in [2.75, 3.05) is 26.4 Å². The molecule has 26 heavy (non-hydrogen) atoms. The molecule has 0 radical (unpaired) electrons. The van der Waals surface area contributed by atoms with Gasteiger partial charge >= 0.3 is 6.36 Å². The number of carbonyl (C=O) groups is 1. The van der Waals surface area contributed by atoms with Crippen LogP contribution in [-0.2, 0) is 21.2 Å². The number of ether oxygens (including phenoxy) is 1. The summed E-state index contributed by atoms with van der Waals surface area (Å²) in [5.74, 6) is -0.945. The van der Waals surface area contributed by atoms with Crippen LogP contribution in [0.2, 0.25) is 0 Å². The Morgan fingerprint density at radius 2 is 1.92 bits per heavy atom. The average Bonchev–Trinajstić information content (AvgIpc) is 2.52. The minimum absolute atomic E-state index is 0.0292. The third-order valence-electron chi connectivity index (χ3n) is 4.41. The molecule has 1 amide bonds. The Bertz CT molecular complexity index is 759. The number of piperidine rings is 1. The fourth-order valence-corrected chi connectivity index (χ4v) is 4.53. The number of nitrogens with one attached hydrogen (secondary N) is 1. The summed E-state index contributed by atoms with van der Waals surface area (Å²) in [7, 11) is -2.22. The molecule has 146 valence electrons. The van der Waals surface area contributed by atoms with Crippen molar-refractivity contribution in [3.63, 3.8) is 0 Å². The Morgan fingerprint density at radius 1 is 1.31 bits per heavy atom. The van der Waals surface area contributed by atoms with Gasteiger partial charge in [0.15, 0.2) is 14.6 Å². The van der Waals surface area contributed by atoms with E-state index < -0.39 is 32.6 Å². The Kier molecular flexibility index (Phi) is 5.86. The fraction of sp³-hybridized carbons (Fsp3) is 0.562. The molecule has 1 fully saturated rings. The van der Waals surface area contributed by atoms with Crippen LogP contribution in [0.25, 0.3) is 0 Å². The topological polar surface area (TPSA) is 75.7 Å². The number of sulfone groups is 1. The van der Waals surface area contributed by atoms with Crippen molar-refractivity contribution in [2.45, 2.75) is 30.5 Å². The molecule has 0 spiro atoms. The molecule has 6 nitrogen and oxygen atoms in total.